The van der Waals surface area contributed by atoms with Crippen LogP contribution in [0.5, 0.6) is 0 Å². The van der Waals surface area contributed by atoms with Crippen molar-refractivity contribution in [3.05, 3.63) is 65.2 Å². The van der Waals surface area contributed by atoms with E-state index in [2.05, 4.69) is 5.32 Å². The number of carbonyl (C=O) groups excluding carboxylic acids is 2. The minimum atomic E-state index is -0.568. The van der Waals surface area contributed by atoms with Crippen LogP contribution in [0.3, 0.4) is 0 Å². The molecular formula is C23H25N3O2. The Morgan fingerprint density at radius 2 is 1.82 bits per heavy atom. The van der Waals surface area contributed by atoms with Gasteiger partial charge in [0.05, 0.1) is 0 Å². The number of hydrogen-bond acceptors (Lipinski definition) is 3. The third-order valence-electron chi connectivity index (χ3n) is 5.68. The van der Waals surface area contributed by atoms with Gasteiger partial charge in [-0.05, 0) is 51.2 Å². The van der Waals surface area contributed by atoms with Crippen LogP contribution in [-0.2, 0) is 9.59 Å². The van der Waals surface area contributed by atoms with E-state index >= 15 is 0 Å². The van der Waals surface area contributed by atoms with Crippen molar-refractivity contribution >= 4 is 23.2 Å². The van der Waals surface area contributed by atoms with Crippen LogP contribution in [0.15, 0.2) is 53.5 Å². The van der Waals surface area contributed by atoms with Gasteiger partial charge in [0.25, 0.3) is 5.91 Å². The lowest BCUT2D eigenvalue weighted by Crippen LogP contribution is -2.48. The predicted octanol–water partition coefficient (Wildman–Crippen LogP) is 3.84. The van der Waals surface area contributed by atoms with Crippen molar-refractivity contribution < 1.29 is 9.59 Å². The summed E-state index contributed by atoms with van der Waals surface area (Å²) in [6.07, 6.45) is 3.67. The second-order valence-electron chi connectivity index (χ2n) is 7.77. The third-order valence-corrected chi connectivity index (χ3v) is 5.68. The molecule has 1 saturated carbocycles. The molecule has 1 aliphatic heterocycles. The maximum Gasteiger partial charge on any atom is 0.275 e. The molecule has 0 unspecified atom stereocenters. The van der Waals surface area contributed by atoms with Crippen molar-refractivity contribution in [2.75, 3.05) is 11.9 Å². The maximum atomic E-state index is 13.2. The first-order valence-corrected chi connectivity index (χ1v) is 9.83. The number of aryl methyl sites for hydroxylation is 2. The van der Waals surface area contributed by atoms with E-state index in [0.29, 0.717) is 5.71 Å². The first kappa shape index (κ1) is 18.4. The molecule has 4 rings (SSSR count). The molecule has 2 aromatic carbocycles. The fourth-order valence-electron chi connectivity index (χ4n) is 4.25. The summed E-state index contributed by atoms with van der Waals surface area (Å²) in [6.45, 7) is 4.01. The summed E-state index contributed by atoms with van der Waals surface area (Å²) < 4.78 is 0. The molecule has 0 aromatic heterocycles. The molecule has 1 N–H and O–H groups in total. The van der Waals surface area contributed by atoms with Crippen LogP contribution in [0.1, 0.15) is 42.4 Å². The summed E-state index contributed by atoms with van der Waals surface area (Å²) in [7, 11) is 0. The second-order valence-corrected chi connectivity index (χ2v) is 7.77. The molecule has 144 valence electrons. The smallest absolute Gasteiger partial charge is 0.275 e. The number of carbonyl (C=O) groups is 2. The molecule has 1 heterocycles. The van der Waals surface area contributed by atoms with E-state index in [1.165, 1.54) is 0 Å². The van der Waals surface area contributed by atoms with Gasteiger partial charge in [-0.15, -0.1) is 0 Å². The number of aliphatic imine (C=N–C) groups is 1. The summed E-state index contributed by atoms with van der Waals surface area (Å²) in [5.41, 5.74) is 3.67. The molecule has 2 amide bonds. The molecule has 5 nitrogen and oxygen atoms in total. The second kappa shape index (κ2) is 7.23. The summed E-state index contributed by atoms with van der Waals surface area (Å²) in [5.74, 6) is -0.333. The number of nitrogens with zero attached hydrogens (tertiary/aromatic N) is 2. The van der Waals surface area contributed by atoms with Crippen molar-refractivity contribution in [2.24, 2.45) is 4.99 Å². The van der Waals surface area contributed by atoms with Gasteiger partial charge < -0.3 is 10.2 Å². The average Bonchev–Trinajstić information content (AvgIpc) is 3.26. The van der Waals surface area contributed by atoms with E-state index in [4.69, 9.17) is 4.99 Å². The highest BCUT2D eigenvalue weighted by Gasteiger charge is 2.49. The molecular weight excluding hydrogens is 350 g/mol. The Bertz CT molecular complexity index is 944. The fourth-order valence-corrected chi connectivity index (χ4v) is 4.25. The van der Waals surface area contributed by atoms with E-state index in [-0.39, 0.29) is 18.4 Å². The van der Waals surface area contributed by atoms with Crippen LogP contribution >= 0.6 is 0 Å². The molecule has 28 heavy (non-hydrogen) atoms. The van der Waals surface area contributed by atoms with Gasteiger partial charge in [0.1, 0.15) is 17.9 Å². The van der Waals surface area contributed by atoms with Crippen molar-refractivity contribution in [1.82, 2.24) is 4.90 Å². The van der Waals surface area contributed by atoms with Crippen LogP contribution < -0.4 is 5.32 Å². The predicted molar refractivity (Wildman–Crippen MR) is 110 cm³/mol. The zero-order valence-electron chi connectivity index (χ0n) is 16.4. The van der Waals surface area contributed by atoms with E-state index in [1.807, 2.05) is 62.4 Å². The van der Waals surface area contributed by atoms with Gasteiger partial charge in [-0.1, -0.05) is 48.0 Å². The van der Waals surface area contributed by atoms with Gasteiger partial charge in [-0.3, -0.25) is 14.6 Å². The average molecular weight is 375 g/mol. The Labute approximate surface area is 165 Å². The summed E-state index contributed by atoms with van der Waals surface area (Å²) in [6, 6.07) is 15.4. The monoisotopic (exact) mass is 375 g/mol. The lowest BCUT2D eigenvalue weighted by molar-refractivity contribution is -0.132. The van der Waals surface area contributed by atoms with Crippen LogP contribution in [-0.4, -0.2) is 34.6 Å². The molecule has 0 atom stereocenters. The maximum absolute atomic E-state index is 13.2. The highest BCUT2D eigenvalue weighted by atomic mass is 16.2. The Morgan fingerprint density at radius 3 is 2.50 bits per heavy atom. The fraction of sp³-hybridized carbons (Fsp3) is 0.348. The first-order chi connectivity index (χ1) is 13.5. The molecule has 2 aliphatic rings. The Morgan fingerprint density at radius 1 is 1.11 bits per heavy atom. The van der Waals surface area contributed by atoms with E-state index < -0.39 is 5.66 Å². The van der Waals surface area contributed by atoms with Gasteiger partial charge >= 0.3 is 0 Å². The SMILES string of the molecule is Cc1ccc(NC(=O)CN2C(=O)C(c3ccccc3)=NC23CCCC3)c(C)c1. The highest BCUT2D eigenvalue weighted by Crippen LogP contribution is 2.41. The van der Waals surface area contributed by atoms with Gasteiger partial charge in [0, 0.05) is 11.3 Å². The number of anilines is 1. The van der Waals surface area contributed by atoms with Crippen LogP contribution in [0.2, 0.25) is 0 Å². The van der Waals surface area contributed by atoms with Crippen molar-refractivity contribution in [3.8, 4) is 0 Å². The van der Waals surface area contributed by atoms with Gasteiger partial charge in [0.2, 0.25) is 5.91 Å². The Balaban J connectivity index is 1.56. The number of rotatable bonds is 4. The van der Waals surface area contributed by atoms with Crippen molar-refractivity contribution in [1.29, 1.82) is 0 Å². The van der Waals surface area contributed by atoms with E-state index in [1.54, 1.807) is 4.90 Å². The summed E-state index contributed by atoms with van der Waals surface area (Å²) >= 11 is 0. The minimum absolute atomic E-state index is 0.0198. The molecule has 0 saturated heterocycles. The Kier molecular flexibility index (Phi) is 4.75. The molecule has 0 bridgehead atoms. The number of hydrogen-bond donors (Lipinski definition) is 1. The van der Waals surface area contributed by atoms with Gasteiger partial charge in [-0.2, -0.15) is 0 Å². The van der Waals surface area contributed by atoms with Crippen LogP contribution in [0.4, 0.5) is 5.69 Å². The minimum Gasteiger partial charge on any atom is -0.324 e. The van der Waals surface area contributed by atoms with Gasteiger partial charge in [-0.25, -0.2) is 0 Å². The standard InChI is InChI=1S/C23H25N3O2/c1-16-10-11-19(17(2)14-16)24-20(27)15-26-22(28)21(18-8-4-3-5-9-18)25-23(26)12-6-7-13-23/h3-5,8-11,14H,6-7,12-13,15H2,1-2H3,(H,24,27). The van der Waals surface area contributed by atoms with Gasteiger partial charge in [0.15, 0.2) is 0 Å². The topological polar surface area (TPSA) is 61.8 Å². The molecule has 2 aromatic rings. The molecule has 1 fully saturated rings. The summed E-state index contributed by atoms with van der Waals surface area (Å²) in [5, 5.41) is 2.96. The van der Waals surface area contributed by atoms with E-state index in [0.717, 1.165) is 48.1 Å². The number of amides is 2. The number of benzene rings is 2. The molecule has 1 aliphatic carbocycles. The normalized spacial score (nSPS) is 17.9. The zero-order valence-corrected chi connectivity index (χ0v) is 16.4. The quantitative estimate of drug-likeness (QED) is 0.882. The van der Waals surface area contributed by atoms with E-state index in [9.17, 15) is 9.59 Å². The first-order valence-electron chi connectivity index (χ1n) is 9.83. The number of nitrogens with one attached hydrogen (secondary N) is 1. The largest absolute Gasteiger partial charge is 0.324 e. The Hall–Kier alpha value is -2.95. The summed E-state index contributed by atoms with van der Waals surface area (Å²) in [4.78, 5) is 32.5. The lowest BCUT2D eigenvalue weighted by atomic mass is 10.1. The molecule has 0 radical (unpaired) electrons. The van der Waals surface area contributed by atoms with Crippen LogP contribution in [0, 0.1) is 13.8 Å². The van der Waals surface area contributed by atoms with Crippen LogP contribution in [0.25, 0.3) is 0 Å². The zero-order chi connectivity index (χ0) is 19.7. The van der Waals surface area contributed by atoms with Crippen molar-refractivity contribution in [3.63, 3.8) is 0 Å². The molecule has 1 spiro atoms. The third kappa shape index (κ3) is 3.33. The molecule has 5 heteroatoms. The lowest BCUT2D eigenvalue weighted by Gasteiger charge is -2.32. The highest BCUT2D eigenvalue weighted by molar-refractivity contribution is 6.47. The van der Waals surface area contributed by atoms with Crippen molar-refractivity contribution in [2.45, 2.75) is 45.2 Å².